The zero-order chi connectivity index (χ0) is 23.7. The molecule has 0 radical (unpaired) electrons. The number of nitrogens with zero attached hydrogens (tertiary/aromatic N) is 3. The lowest BCUT2D eigenvalue weighted by Crippen LogP contribution is -2.49. The Hall–Kier alpha value is -3.00. The lowest BCUT2D eigenvalue weighted by molar-refractivity contribution is 0.0639. The number of ether oxygens (including phenoxy) is 1. The maximum Gasteiger partial charge on any atom is 0.249 e. The van der Waals surface area contributed by atoms with Crippen LogP contribution in [0.2, 0.25) is 0 Å². The molecule has 1 atom stereocenters. The summed E-state index contributed by atoms with van der Waals surface area (Å²) >= 11 is 0. The van der Waals surface area contributed by atoms with Crippen LogP contribution in [0.4, 0.5) is 0 Å². The van der Waals surface area contributed by atoms with Crippen LogP contribution >= 0.6 is 0 Å². The minimum Gasteiger partial charge on any atom is -0.383 e. The Bertz CT molecular complexity index is 1210. The summed E-state index contributed by atoms with van der Waals surface area (Å²) in [5.41, 5.74) is 10.1. The molecule has 7 nitrogen and oxygen atoms in total. The number of hydrogen-bond donors (Lipinski definition) is 1. The molecule has 1 amide bonds. The maximum absolute atomic E-state index is 13.2. The van der Waals surface area contributed by atoms with Crippen LogP contribution < -0.4 is 5.73 Å². The molecule has 1 fully saturated rings. The number of piperazine rings is 1. The first-order chi connectivity index (χ1) is 16.6. The molecule has 1 saturated heterocycles. The smallest absolute Gasteiger partial charge is 0.249 e. The van der Waals surface area contributed by atoms with Gasteiger partial charge >= 0.3 is 0 Å². The number of amides is 1. The maximum atomic E-state index is 13.2. The first-order valence-electron chi connectivity index (χ1n) is 12.1. The number of aromatic nitrogens is 1. The van der Waals surface area contributed by atoms with E-state index in [1.807, 2.05) is 36.4 Å². The molecule has 178 valence electrons. The lowest BCUT2D eigenvalue weighted by atomic mass is 9.89. The highest BCUT2D eigenvalue weighted by atomic mass is 16.5. The second-order valence-corrected chi connectivity index (χ2v) is 9.23. The second kappa shape index (κ2) is 9.70. The standard InChI is InChI=1S/C27H32N4O3/c1-34-17-16-29-12-14-30(15-13-29)23-10-11-24(32)25-21-8-4-5-9-22(21)31(26(23)25)18-19-6-2-3-7-20(19)27(28)33/h2-9,23H,10-18H2,1H3,(H2,28,33). The van der Waals surface area contributed by atoms with Crippen LogP contribution in [0.5, 0.6) is 0 Å². The highest BCUT2D eigenvalue weighted by Crippen LogP contribution is 2.41. The van der Waals surface area contributed by atoms with E-state index in [4.69, 9.17) is 10.5 Å². The highest BCUT2D eigenvalue weighted by molar-refractivity contribution is 6.10. The van der Waals surface area contributed by atoms with Gasteiger partial charge in [0.1, 0.15) is 0 Å². The Balaban J connectivity index is 1.56. The molecule has 34 heavy (non-hydrogen) atoms. The second-order valence-electron chi connectivity index (χ2n) is 9.23. The van der Waals surface area contributed by atoms with Gasteiger partial charge in [-0.15, -0.1) is 0 Å². The number of carbonyl (C=O) groups is 2. The molecule has 2 aromatic carbocycles. The molecule has 7 heteroatoms. The Morgan fingerprint density at radius 1 is 1.06 bits per heavy atom. The van der Waals surface area contributed by atoms with Crippen molar-refractivity contribution in [3.8, 4) is 0 Å². The summed E-state index contributed by atoms with van der Waals surface area (Å²) in [6.07, 6.45) is 1.38. The Kier molecular flexibility index (Phi) is 6.50. The number of ketones is 1. The lowest BCUT2D eigenvalue weighted by Gasteiger charge is -2.41. The van der Waals surface area contributed by atoms with E-state index >= 15 is 0 Å². The zero-order valence-corrected chi connectivity index (χ0v) is 19.7. The van der Waals surface area contributed by atoms with Gasteiger partial charge < -0.3 is 15.0 Å². The van der Waals surface area contributed by atoms with Gasteiger partial charge in [0, 0.05) is 80.5 Å². The number of methoxy groups -OCH3 is 1. The molecule has 3 aromatic rings. The molecule has 1 aliphatic carbocycles. The van der Waals surface area contributed by atoms with Crippen molar-refractivity contribution in [3.05, 3.63) is 70.9 Å². The molecular formula is C27H32N4O3. The molecule has 2 N–H and O–H groups in total. The average Bonchev–Trinajstić information content (AvgIpc) is 3.19. The van der Waals surface area contributed by atoms with E-state index < -0.39 is 5.91 Å². The average molecular weight is 461 g/mol. The van der Waals surface area contributed by atoms with Gasteiger partial charge in [-0.05, 0) is 24.1 Å². The number of hydrogen-bond acceptors (Lipinski definition) is 5. The van der Waals surface area contributed by atoms with Crippen molar-refractivity contribution in [2.75, 3.05) is 46.4 Å². The van der Waals surface area contributed by atoms with E-state index in [2.05, 4.69) is 20.4 Å². The van der Waals surface area contributed by atoms with E-state index in [-0.39, 0.29) is 11.8 Å². The fourth-order valence-electron chi connectivity index (χ4n) is 5.61. The molecule has 2 aliphatic rings. The van der Waals surface area contributed by atoms with Crippen molar-refractivity contribution in [1.29, 1.82) is 0 Å². The van der Waals surface area contributed by atoms with E-state index in [0.717, 1.165) is 73.5 Å². The molecular weight excluding hydrogens is 428 g/mol. The summed E-state index contributed by atoms with van der Waals surface area (Å²) in [7, 11) is 1.74. The molecule has 2 heterocycles. The fraction of sp³-hybridized carbons (Fsp3) is 0.407. The summed E-state index contributed by atoms with van der Waals surface area (Å²) in [5, 5.41) is 1.00. The summed E-state index contributed by atoms with van der Waals surface area (Å²) in [6.45, 7) is 6.11. The third-order valence-electron chi connectivity index (χ3n) is 7.32. The first-order valence-corrected chi connectivity index (χ1v) is 12.1. The minimum absolute atomic E-state index is 0.172. The van der Waals surface area contributed by atoms with Gasteiger partial charge in [-0.1, -0.05) is 36.4 Å². The summed E-state index contributed by atoms with van der Waals surface area (Å²) < 4.78 is 7.50. The van der Waals surface area contributed by atoms with E-state index in [0.29, 0.717) is 18.5 Å². The molecule has 0 spiro atoms. The third-order valence-corrected chi connectivity index (χ3v) is 7.32. The monoisotopic (exact) mass is 460 g/mol. The van der Waals surface area contributed by atoms with Gasteiger partial charge in [-0.3, -0.25) is 19.4 Å². The molecule has 1 aromatic heterocycles. The minimum atomic E-state index is -0.430. The zero-order valence-electron chi connectivity index (χ0n) is 19.7. The first kappa shape index (κ1) is 22.8. The van der Waals surface area contributed by atoms with Crippen LogP contribution in [-0.4, -0.2) is 72.5 Å². The SMILES string of the molecule is COCCN1CCN(C2CCC(=O)c3c2n(Cc2ccccc2C(N)=O)c2ccccc32)CC1. The number of nitrogens with two attached hydrogens (primary N) is 1. The van der Waals surface area contributed by atoms with Crippen molar-refractivity contribution in [2.24, 2.45) is 5.73 Å². The van der Waals surface area contributed by atoms with Crippen LogP contribution in [0, 0.1) is 0 Å². The van der Waals surface area contributed by atoms with Crippen LogP contribution in [0.3, 0.4) is 0 Å². The highest BCUT2D eigenvalue weighted by Gasteiger charge is 2.36. The largest absolute Gasteiger partial charge is 0.383 e. The summed E-state index contributed by atoms with van der Waals surface area (Å²) in [6, 6.07) is 15.8. The van der Waals surface area contributed by atoms with Crippen molar-refractivity contribution < 1.29 is 14.3 Å². The number of fused-ring (bicyclic) bond motifs is 3. The van der Waals surface area contributed by atoms with Crippen LogP contribution in [0.25, 0.3) is 10.9 Å². The van der Waals surface area contributed by atoms with Crippen LogP contribution in [0.1, 0.15) is 50.9 Å². The predicted octanol–water partition coefficient (Wildman–Crippen LogP) is 3.07. The molecule has 0 saturated carbocycles. The Morgan fingerprint density at radius 3 is 2.56 bits per heavy atom. The van der Waals surface area contributed by atoms with Crippen molar-refractivity contribution in [1.82, 2.24) is 14.4 Å². The predicted molar refractivity (Wildman–Crippen MR) is 132 cm³/mol. The van der Waals surface area contributed by atoms with Gasteiger partial charge in [0.05, 0.1) is 12.6 Å². The Labute approximate surface area is 200 Å². The Morgan fingerprint density at radius 2 is 1.79 bits per heavy atom. The van der Waals surface area contributed by atoms with Gasteiger partial charge in [0.15, 0.2) is 5.78 Å². The van der Waals surface area contributed by atoms with Crippen molar-refractivity contribution >= 4 is 22.6 Å². The number of carbonyl (C=O) groups excluding carboxylic acids is 2. The number of Topliss-reactive ketones (excluding diaryl/α,β-unsaturated/α-hetero) is 1. The number of rotatable bonds is 7. The van der Waals surface area contributed by atoms with Gasteiger partial charge in [-0.25, -0.2) is 0 Å². The van der Waals surface area contributed by atoms with Crippen molar-refractivity contribution in [3.63, 3.8) is 0 Å². The van der Waals surface area contributed by atoms with E-state index in [1.54, 1.807) is 13.2 Å². The number of benzene rings is 2. The number of primary amides is 1. The van der Waals surface area contributed by atoms with E-state index in [1.165, 1.54) is 0 Å². The third kappa shape index (κ3) is 4.15. The van der Waals surface area contributed by atoms with Crippen LogP contribution in [-0.2, 0) is 11.3 Å². The fourth-order valence-corrected chi connectivity index (χ4v) is 5.61. The summed E-state index contributed by atoms with van der Waals surface area (Å²) in [4.78, 5) is 30.3. The van der Waals surface area contributed by atoms with Gasteiger partial charge in [0.2, 0.25) is 5.91 Å². The quantitative estimate of drug-likeness (QED) is 0.586. The van der Waals surface area contributed by atoms with Crippen molar-refractivity contribution in [2.45, 2.75) is 25.4 Å². The number of para-hydroxylation sites is 1. The topological polar surface area (TPSA) is 80.8 Å². The van der Waals surface area contributed by atoms with Gasteiger partial charge in [0.25, 0.3) is 0 Å². The van der Waals surface area contributed by atoms with Crippen LogP contribution in [0.15, 0.2) is 48.5 Å². The molecule has 1 aliphatic heterocycles. The molecule has 0 bridgehead atoms. The normalized spacial score (nSPS) is 19.4. The molecule has 1 unspecified atom stereocenters. The van der Waals surface area contributed by atoms with Gasteiger partial charge in [-0.2, -0.15) is 0 Å². The molecule has 5 rings (SSSR count). The van der Waals surface area contributed by atoms with E-state index in [9.17, 15) is 9.59 Å². The summed E-state index contributed by atoms with van der Waals surface area (Å²) in [5.74, 6) is -0.219.